The van der Waals surface area contributed by atoms with Crippen molar-refractivity contribution < 1.29 is 41.6 Å². The highest BCUT2D eigenvalue weighted by Crippen LogP contribution is 2.54. The number of alkyl halides is 1. The molecule has 0 aliphatic carbocycles. The fourth-order valence-electron chi connectivity index (χ4n) is 7.23. The number of nitrogens with zero attached hydrogens (tertiary/aromatic N) is 3. The summed E-state index contributed by atoms with van der Waals surface area (Å²) < 4.78 is 56.0. The van der Waals surface area contributed by atoms with Crippen molar-refractivity contribution in [1.29, 1.82) is 0 Å². The van der Waals surface area contributed by atoms with Crippen LogP contribution >= 0.6 is 0 Å². The molecular weight excluding hydrogens is 678 g/mol. The summed E-state index contributed by atoms with van der Waals surface area (Å²) in [6.45, 7) is 23.6. The minimum atomic E-state index is -3.21. The van der Waals surface area contributed by atoms with E-state index in [1.54, 1.807) is 27.9 Å². The van der Waals surface area contributed by atoms with Crippen LogP contribution in [-0.4, -0.2) is 80.5 Å². The Morgan fingerprint density at radius 1 is 1.04 bits per heavy atom. The number of fused-ring (bicyclic) bond motifs is 1. The van der Waals surface area contributed by atoms with Crippen LogP contribution in [-0.2, 0) is 35.5 Å². The van der Waals surface area contributed by atoms with Gasteiger partial charge in [-0.1, -0.05) is 67.5 Å². The Labute approximate surface area is 299 Å². The first-order valence-corrected chi connectivity index (χ1v) is 21.6. The van der Waals surface area contributed by atoms with Gasteiger partial charge in [0.1, 0.15) is 42.3 Å². The number of rotatable bonds is 11. The molecule has 50 heavy (non-hydrogen) atoms. The fraction of sp³-hybridized carbons (Fsp3) is 0.694. The molecule has 4 atom stereocenters. The van der Waals surface area contributed by atoms with E-state index in [9.17, 15) is 10.0 Å². The van der Waals surface area contributed by atoms with Crippen molar-refractivity contribution in [2.75, 3.05) is 13.7 Å². The molecule has 2 aliphatic rings. The number of hydroxylamine groups is 2. The monoisotopic (exact) mass is 735 g/mol. The van der Waals surface area contributed by atoms with E-state index in [2.05, 4.69) is 65.4 Å². The normalized spacial score (nSPS) is 25.5. The average molecular weight is 736 g/mol. The molecular formula is C36H58FN3O8Si2. The number of carbonyl (C=O) groups excluding carboxylic acids is 1. The molecule has 0 saturated carbocycles. The van der Waals surface area contributed by atoms with Gasteiger partial charge in [0.25, 0.3) is 0 Å². The molecule has 1 aromatic heterocycles. The molecule has 2 saturated heterocycles. The summed E-state index contributed by atoms with van der Waals surface area (Å²) in [5, 5.41) is 13.0. The van der Waals surface area contributed by atoms with Gasteiger partial charge < -0.3 is 32.4 Å². The number of esters is 1. The van der Waals surface area contributed by atoms with Gasteiger partial charge in [-0.15, -0.1) is 0 Å². The van der Waals surface area contributed by atoms with Crippen LogP contribution in [0.1, 0.15) is 106 Å². The van der Waals surface area contributed by atoms with Crippen LogP contribution in [0.2, 0.25) is 22.2 Å². The highest BCUT2D eigenvalue weighted by Gasteiger charge is 2.67. The second kappa shape index (κ2) is 15.3. The smallest absolute Gasteiger partial charge is 0.335 e. The molecule has 3 heterocycles. The Morgan fingerprint density at radius 2 is 1.62 bits per heavy atom. The molecule has 14 heteroatoms. The van der Waals surface area contributed by atoms with Crippen molar-refractivity contribution in [2.24, 2.45) is 0 Å². The van der Waals surface area contributed by atoms with E-state index in [0.717, 1.165) is 10.6 Å². The molecule has 4 rings (SSSR count). The lowest BCUT2D eigenvalue weighted by atomic mass is 9.91. The Balaban J connectivity index is 1.80. The van der Waals surface area contributed by atoms with Gasteiger partial charge in [0, 0.05) is 6.20 Å². The van der Waals surface area contributed by atoms with E-state index in [0.29, 0.717) is 5.75 Å². The van der Waals surface area contributed by atoms with Gasteiger partial charge in [-0.25, -0.2) is 9.37 Å². The van der Waals surface area contributed by atoms with E-state index in [4.69, 9.17) is 27.2 Å². The van der Waals surface area contributed by atoms with Gasteiger partial charge in [0.2, 0.25) is 5.88 Å². The first-order valence-electron chi connectivity index (χ1n) is 17.7. The van der Waals surface area contributed by atoms with Gasteiger partial charge in [0.15, 0.2) is 5.67 Å². The zero-order valence-electron chi connectivity index (χ0n) is 32.1. The third-order valence-electron chi connectivity index (χ3n) is 9.76. The highest BCUT2D eigenvalue weighted by atomic mass is 28.5. The van der Waals surface area contributed by atoms with Gasteiger partial charge in [-0.05, 0) is 67.6 Å². The second-order valence-corrected chi connectivity index (χ2v) is 24.8. The highest BCUT2D eigenvalue weighted by molar-refractivity contribution is 6.84. The third kappa shape index (κ3) is 8.11. The first-order chi connectivity index (χ1) is 23.2. The lowest BCUT2D eigenvalue weighted by molar-refractivity contribution is -0.160. The molecule has 11 nitrogen and oxygen atoms in total. The van der Waals surface area contributed by atoms with E-state index < -0.39 is 52.5 Å². The molecule has 1 N–H and O–H groups in total. The van der Waals surface area contributed by atoms with Gasteiger partial charge >= 0.3 is 23.1 Å². The van der Waals surface area contributed by atoms with E-state index in [1.165, 1.54) is 13.1 Å². The molecule has 2 aliphatic heterocycles. The molecule has 0 unspecified atom stereocenters. The van der Waals surface area contributed by atoms with E-state index in [-0.39, 0.29) is 59.1 Å². The van der Waals surface area contributed by atoms with Crippen molar-refractivity contribution in [1.82, 2.24) is 15.0 Å². The van der Waals surface area contributed by atoms with Crippen molar-refractivity contribution >= 4 is 23.1 Å². The molecule has 0 radical (unpaired) electrons. The largest absolute Gasteiger partial charge is 0.497 e. The summed E-state index contributed by atoms with van der Waals surface area (Å²) in [7, 11) is -4.57. The quantitative estimate of drug-likeness (QED) is 0.180. The van der Waals surface area contributed by atoms with E-state index in [1.807, 2.05) is 24.3 Å². The number of halogens is 1. The Hall–Kier alpha value is -2.47. The van der Waals surface area contributed by atoms with Crippen LogP contribution in [0.4, 0.5) is 4.39 Å². The molecule has 0 spiro atoms. The summed E-state index contributed by atoms with van der Waals surface area (Å²) in [6, 6.07) is 5.17. The number of hydrogen-bond acceptors (Lipinski definition) is 11. The van der Waals surface area contributed by atoms with Crippen molar-refractivity contribution in [3.8, 4) is 11.6 Å². The van der Waals surface area contributed by atoms with Crippen LogP contribution in [0.15, 0.2) is 30.5 Å². The number of carbonyl (C=O) groups is 1. The lowest BCUT2D eigenvalue weighted by Crippen LogP contribution is -2.66. The average Bonchev–Trinajstić information content (AvgIpc) is 3.17. The minimum absolute atomic E-state index is 0.0139. The number of benzene rings is 1. The first kappa shape index (κ1) is 40.3. The summed E-state index contributed by atoms with van der Waals surface area (Å²) in [5.74, 6) is 0.363. The minimum Gasteiger partial charge on any atom is -0.497 e. The SMILES string of the molecule is COc1ccc(COc2nc(CC(=O)OC(C)(C)C)ncc2[C@@H]2N(O)[C@@H]3CO[Si](C(C)C)(C(C)C)O[Si](C(C)C)(C(C)C)O[C@H]3[C@@]2(C)F)cc1. The predicted molar refractivity (Wildman–Crippen MR) is 192 cm³/mol. The van der Waals surface area contributed by atoms with Crippen LogP contribution < -0.4 is 9.47 Å². The van der Waals surface area contributed by atoms with Crippen LogP contribution in [0.3, 0.4) is 0 Å². The molecule has 0 bridgehead atoms. The number of methoxy groups -OCH3 is 1. The third-order valence-corrected chi connectivity index (χ3v) is 20.0. The van der Waals surface area contributed by atoms with Crippen molar-refractivity contribution in [3.05, 3.63) is 47.4 Å². The van der Waals surface area contributed by atoms with Crippen LogP contribution in [0, 0.1) is 0 Å². The van der Waals surface area contributed by atoms with Gasteiger partial charge in [-0.2, -0.15) is 10.0 Å². The van der Waals surface area contributed by atoms with Gasteiger partial charge in [-0.3, -0.25) is 4.79 Å². The van der Waals surface area contributed by atoms with Crippen molar-refractivity contribution in [3.63, 3.8) is 0 Å². The fourth-order valence-corrected chi connectivity index (χ4v) is 18.5. The zero-order valence-corrected chi connectivity index (χ0v) is 34.1. The van der Waals surface area contributed by atoms with Crippen LogP contribution in [0.25, 0.3) is 0 Å². The number of aromatic nitrogens is 2. The summed E-state index contributed by atoms with van der Waals surface area (Å²) >= 11 is 0. The Kier molecular flexibility index (Phi) is 12.3. The summed E-state index contributed by atoms with van der Waals surface area (Å²) in [6.07, 6.45) is 0.107. The number of ether oxygens (including phenoxy) is 3. The Bertz CT molecular complexity index is 1450. The number of hydrogen-bond donors (Lipinski definition) is 1. The van der Waals surface area contributed by atoms with Gasteiger partial charge in [0.05, 0.1) is 25.3 Å². The van der Waals surface area contributed by atoms with Crippen LogP contribution in [0.5, 0.6) is 11.6 Å². The predicted octanol–water partition coefficient (Wildman–Crippen LogP) is 7.75. The summed E-state index contributed by atoms with van der Waals surface area (Å²) in [4.78, 5) is 21.8. The summed E-state index contributed by atoms with van der Waals surface area (Å²) in [5.41, 5.74) is -1.74. The molecule has 1 aromatic carbocycles. The maximum absolute atomic E-state index is 17.8. The topological polar surface area (TPSA) is 122 Å². The zero-order chi connectivity index (χ0) is 37.4. The Morgan fingerprint density at radius 3 is 2.14 bits per heavy atom. The standard InChI is InChI=1S/C36H58FN3O8Si2/c1-22(2)49(23(3)4)45-21-29-33(47-50(48-49,24(5)6)25(7)8)36(12,37)32(40(29)42)28-19-38-30(18-31(41)46-35(9,10)11)39-34(28)44-20-26-14-16-27(43-13)17-15-26/h14-17,19,22-25,29,32-33,42H,18,20-21H2,1-13H3/t29-,32+,33-,36+/m1/s1. The maximum Gasteiger partial charge on any atom is 0.335 e. The van der Waals surface area contributed by atoms with E-state index >= 15 is 4.39 Å². The molecule has 2 aromatic rings. The second-order valence-electron chi connectivity index (χ2n) is 16.0. The molecule has 0 amide bonds. The molecule has 280 valence electrons. The van der Waals surface area contributed by atoms with Crippen molar-refractivity contribution in [2.45, 2.75) is 148 Å². The maximum atomic E-state index is 17.8. The lowest BCUT2D eigenvalue weighted by Gasteiger charge is -2.52. The molecule has 2 fully saturated rings.